The van der Waals surface area contributed by atoms with Crippen molar-refractivity contribution in [1.82, 2.24) is 0 Å². The molecule has 0 N–H and O–H groups in total. The highest BCUT2D eigenvalue weighted by atomic mass is 16.7. The zero-order valence-corrected chi connectivity index (χ0v) is 14.9. The van der Waals surface area contributed by atoms with Crippen LogP contribution in [-0.2, 0) is 0 Å². The highest BCUT2D eigenvalue weighted by molar-refractivity contribution is 5.45. The van der Waals surface area contributed by atoms with Crippen molar-refractivity contribution in [2.75, 3.05) is 0 Å². The van der Waals surface area contributed by atoms with Crippen LogP contribution in [0.25, 0.3) is 0 Å². The molecule has 0 atom stereocenters. The van der Waals surface area contributed by atoms with Crippen molar-refractivity contribution >= 4 is 0 Å². The van der Waals surface area contributed by atoms with Crippen LogP contribution in [0.15, 0.2) is 18.2 Å². The summed E-state index contributed by atoms with van der Waals surface area (Å²) in [5.41, 5.74) is 1.66. The van der Waals surface area contributed by atoms with Crippen molar-refractivity contribution < 1.29 is 9.47 Å². The number of ether oxygens (including phenoxy) is 2. The van der Waals surface area contributed by atoms with Crippen LogP contribution in [-0.4, -0.2) is 5.79 Å². The van der Waals surface area contributed by atoms with Crippen LogP contribution in [0.1, 0.15) is 72.8 Å². The van der Waals surface area contributed by atoms with E-state index >= 15 is 0 Å². The molecule has 0 saturated heterocycles. The van der Waals surface area contributed by atoms with Crippen LogP contribution < -0.4 is 9.47 Å². The maximum absolute atomic E-state index is 6.09. The van der Waals surface area contributed by atoms with Crippen LogP contribution in [0, 0.1) is 12.3 Å². The van der Waals surface area contributed by atoms with Crippen LogP contribution in [0.2, 0.25) is 0 Å². The third-order valence-corrected chi connectivity index (χ3v) is 4.06. The van der Waals surface area contributed by atoms with E-state index in [4.69, 9.17) is 9.47 Å². The molecule has 1 saturated carbocycles. The Balaban J connectivity index is 0.000000510. The van der Waals surface area contributed by atoms with Crippen molar-refractivity contribution in [3.05, 3.63) is 23.8 Å². The Labute approximate surface area is 130 Å². The fourth-order valence-electron chi connectivity index (χ4n) is 2.71. The van der Waals surface area contributed by atoms with Gasteiger partial charge in [-0.1, -0.05) is 47.6 Å². The summed E-state index contributed by atoms with van der Waals surface area (Å²) in [4.78, 5) is 0. The monoisotopic (exact) mass is 292 g/mol. The second-order valence-corrected chi connectivity index (χ2v) is 6.23. The fourth-order valence-corrected chi connectivity index (χ4v) is 2.71. The van der Waals surface area contributed by atoms with Gasteiger partial charge in [-0.25, -0.2) is 0 Å². The van der Waals surface area contributed by atoms with E-state index in [1.54, 1.807) is 0 Å². The zero-order chi connectivity index (χ0) is 16.1. The van der Waals surface area contributed by atoms with Gasteiger partial charge in [0.05, 0.1) is 0 Å². The molecule has 1 spiro atoms. The molecular weight excluding hydrogens is 260 g/mol. The van der Waals surface area contributed by atoms with E-state index in [-0.39, 0.29) is 5.79 Å². The van der Waals surface area contributed by atoms with Gasteiger partial charge in [0.1, 0.15) is 0 Å². The first-order chi connectivity index (χ1) is 9.98. The maximum atomic E-state index is 6.09. The summed E-state index contributed by atoms with van der Waals surface area (Å²) in [6, 6.07) is 6.18. The van der Waals surface area contributed by atoms with Crippen LogP contribution in [0.4, 0.5) is 0 Å². The molecule has 120 valence electrons. The van der Waals surface area contributed by atoms with Gasteiger partial charge in [-0.05, 0) is 42.9 Å². The summed E-state index contributed by atoms with van der Waals surface area (Å²) in [5, 5.41) is 0. The lowest BCUT2D eigenvalue weighted by molar-refractivity contribution is -0.123. The molecule has 1 aliphatic heterocycles. The molecule has 0 bridgehead atoms. The Morgan fingerprint density at radius 3 is 1.90 bits per heavy atom. The maximum Gasteiger partial charge on any atom is 0.251 e. The predicted molar refractivity (Wildman–Crippen MR) is 90.1 cm³/mol. The Hall–Kier alpha value is -1.18. The molecule has 1 aromatic rings. The SMILES string of the molecule is CC.CC.Cc1ccc2c(c1)OC1(CCC(C)(C)CC1)O2. The Morgan fingerprint density at radius 2 is 1.33 bits per heavy atom. The van der Waals surface area contributed by atoms with Gasteiger partial charge in [-0.3, -0.25) is 0 Å². The van der Waals surface area contributed by atoms with E-state index in [2.05, 4.69) is 32.9 Å². The molecule has 2 aliphatic rings. The van der Waals surface area contributed by atoms with Gasteiger partial charge in [-0.15, -0.1) is 0 Å². The number of rotatable bonds is 0. The molecule has 3 rings (SSSR count). The summed E-state index contributed by atoms with van der Waals surface area (Å²) in [6.07, 6.45) is 4.32. The number of fused-ring (bicyclic) bond motifs is 1. The molecule has 0 amide bonds. The molecule has 1 fully saturated rings. The summed E-state index contributed by atoms with van der Waals surface area (Å²) < 4.78 is 12.1. The van der Waals surface area contributed by atoms with Gasteiger partial charge in [0, 0.05) is 12.8 Å². The number of hydrogen-bond donors (Lipinski definition) is 0. The van der Waals surface area contributed by atoms with E-state index in [0.717, 1.165) is 24.3 Å². The summed E-state index contributed by atoms with van der Waals surface area (Å²) in [6.45, 7) is 14.7. The first-order valence-corrected chi connectivity index (χ1v) is 8.47. The van der Waals surface area contributed by atoms with Gasteiger partial charge in [0.25, 0.3) is 5.79 Å². The number of aryl methyl sites for hydroxylation is 1. The average Bonchev–Trinajstić information content (AvgIpc) is 2.85. The molecule has 1 aliphatic carbocycles. The van der Waals surface area contributed by atoms with Crippen molar-refractivity contribution in [2.24, 2.45) is 5.41 Å². The topological polar surface area (TPSA) is 18.5 Å². The third-order valence-electron chi connectivity index (χ3n) is 4.06. The van der Waals surface area contributed by atoms with E-state index in [0.29, 0.717) is 5.41 Å². The van der Waals surface area contributed by atoms with Gasteiger partial charge in [0.2, 0.25) is 0 Å². The van der Waals surface area contributed by atoms with Crippen LogP contribution >= 0.6 is 0 Å². The molecule has 2 heteroatoms. The molecule has 2 nitrogen and oxygen atoms in total. The predicted octanol–water partition coefficient (Wildman–Crippen LogP) is 6.12. The largest absolute Gasteiger partial charge is 0.448 e. The lowest BCUT2D eigenvalue weighted by Gasteiger charge is -2.39. The van der Waals surface area contributed by atoms with E-state index in [9.17, 15) is 0 Å². The van der Waals surface area contributed by atoms with Crippen molar-refractivity contribution in [2.45, 2.75) is 79.9 Å². The lowest BCUT2D eigenvalue weighted by atomic mass is 9.75. The molecule has 0 unspecified atom stereocenters. The Morgan fingerprint density at radius 1 is 0.810 bits per heavy atom. The second kappa shape index (κ2) is 7.20. The third kappa shape index (κ3) is 4.15. The molecule has 1 heterocycles. The van der Waals surface area contributed by atoms with Gasteiger partial charge in [-0.2, -0.15) is 0 Å². The molecule has 21 heavy (non-hydrogen) atoms. The highest BCUT2D eigenvalue weighted by Crippen LogP contribution is 2.49. The van der Waals surface area contributed by atoms with Crippen LogP contribution in [0.3, 0.4) is 0 Å². The number of hydrogen-bond acceptors (Lipinski definition) is 2. The van der Waals surface area contributed by atoms with Gasteiger partial charge in [0.15, 0.2) is 11.5 Å². The van der Waals surface area contributed by atoms with Gasteiger partial charge >= 0.3 is 0 Å². The minimum Gasteiger partial charge on any atom is -0.448 e. The fraction of sp³-hybridized carbons (Fsp3) is 0.684. The van der Waals surface area contributed by atoms with E-state index < -0.39 is 0 Å². The van der Waals surface area contributed by atoms with Crippen molar-refractivity contribution in [3.63, 3.8) is 0 Å². The minimum atomic E-state index is -0.369. The van der Waals surface area contributed by atoms with E-state index in [1.165, 1.54) is 18.4 Å². The summed E-state index contributed by atoms with van der Waals surface area (Å²) >= 11 is 0. The van der Waals surface area contributed by atoms with E-state index in [1.807, 2.05) is 33.8 Å². The zero-order valence-electron chi connectivity index (χ0n) is 14.9. The minimum absolute atomic E-state index is 0.369. The second-order valence-electron chi connectivity index (χ2n) is 6.23. The Bertz CT molecular complexity index is 439. The van der Waals surface area contributed by atoms with Crippen LogP contribution in [0.5, 0.6) is 11.5 Å². The highest BCUT2D eigenvalue weighted by Gasteiger charge is 2.46. The number of benzene rings is 1. The van der Waals surface area contributed by atoms with Crippen molar-refractivity contribution in [3.8, 4) is 11.5 Å². The quantitative estimate of drug-likeness (QED) is 0.574. The summed E-state index contributed by atoms with van der Waals surface area (Å²) in [7, 11) is 0. The van der Waals surface area contributed by atoms with Gasteiger partial charge < -0.3 is 9.47 Å². The Kier molecular flexibility index (Phi) is 6.12. The first kappa shape index (κ1) is 17.9. The smallest absolute Gasteiger partial charge is 0.251 e. The normalized spacial score (nSPS) is 20.0. The molecule has 0 radical (unpaired) electrons. The summed E-state index contributed by atoms with van der Waals surface area (Å²) in [5.74, 6) is 1.46. The molecular formula is C19H32O2. The standard InChI is InChI=1S/C15H20O2.2C2H6/c1-11-4-5-12-13(10-11)17-15(16-12)8-6-14(2,3)7-9-15;2*1-2/h4-5,10H,6-9H2,1-3H3;2*1-2H3. The lowest BCUT2D eigenvalue weighted by Crippen LogP contribution is -2.44. The molecule has 1 aromatic carbocycles. The average molecular weight is 292 g/mol. The molecule has 0 aromatic heterocycles. The van der Waals surface area contributed by atoms with Crippen molar-refractivity contribution in [1.29, 1.82) is 0 Å². The first-order valence-electron chi connectivity index (χ1n) is 8.47.